The van der Waals surface area contributed by atoms with E-state index in [9.17, 15) is 0 Å². The molecule has 0 fully saturated rings. The van der Waals surface area contributed by atoms with Gasteiger partial charge in [0, 0.05) is 53.6 Å². The average Bonchev–Trinajstić information content (AvgIpc) is 3.63. The van der Waals surface area contributed by atoms with E-state index in [0.717, 1.165) is 39.0 Å². The topological polar surface area (TPSA) is 16.4 Å². The van der Waals surface area contributed by atoms with E-state index in [1.54, 1.807) is 0 Å². The van der Waals surface area contributed by atoms with Crippen LogP contribution in [0.1, 0.15) is 0 Å². The summed E-state index contributed by atoms with van der Waals surface area (Å²) in [6.45, 7) is 0. The zero-order valence-corrected chi connectivity index (χ0v) is 24.0. The summed E-state index contributed by atoms with van der Waals surface area (Å²) in [7, 11) is 0. The quantitative estimate of drug-likeness (QED) is 0.210. The van der Waals surface area contributed by atoms with Gasteiger partial charge >= 0.3 is 0 Å². The number of fused-ring (bicyclic) bond motifs is 7. The number of benzene rings is 7. The average molecular weight is 568 g/mol. The number of rotatable bonds is 4. The molecule has 9 aromatic rings. The van der Waals surface area contributed by atoms with Crippen LogP contribution in [0, 0.1) is 0 Å². The third-order valence-corrected chi connectivity index (χ3v) is 9.61. The van der Waals surface area contributed by atoms with Gasteiger partial charge in [-0.15, -0.1) is 11.3 Å². The van der Waals surface area contributed by atoms with Crippen LogP contribution in [0.25, 0.3) is 64.0 Å². The van der Waals surface area contributed by atoms with E-state index in [0.29, 0.717) is 0 Å². The van der Waals surface area contributed by atoms with Gasteiger partial charge in [0.2, 0.25) is 0 Å². The lowest BCUT2D eigenvalue weighted by molar-refractivity contribution is 0.669. The Kier molecular flexibility index (Phi) is 5.40. The molecule has 43 heavy (non-hydrogen) atoms. The molecule has 0 amide bonds. The van der Waals surface area contributed by atoms with Crippen LogP contribution >= 0.6 is 11.3 Å². The number of para-hydroxylation sites is 2. The molecule has 0 aliphatic carbocycles. The molecule has 0 unspecified atom stereocenters. The molecule has 2 heterocycles. The molecule has 0 saturated heterocycles. The molecular weight excluding hydrogens is 543 g/mol. The predicted molar refractivity (Wildman–Crippen MR) is 184 cm³/mol. The SMILES string of the molecule is c1ccc(N(c2ccc3c(c2)oc2ccccc23)c2cccc3ccccc23)c(-c2ccc3sc4ccccc4c3c2)c1. The second-order valence-corrected chi connectivity index (χ2v) is 12.0. The Labute approximate surface area is 252 Å². The Bertz CT molecular complexity index is 2480. The highest BCUT2D eigenvalue weighted by Crippen LogP contribution is 2.45. The van der Waals surface area contributed by atoms with Gasteiger partial charge in [-0.2, -0.15) is 0 Å². The molecule has 0 bridgehead atoms. The van der Waals surface area contributed by atoms with E-state index in [-0.39, 0.29) is 0 Å². The first-order chi connectivity index (χ1) is 21.3. The van der Waals surface area contributed by atoms with E-state index in [1.165, 1.54) is 42.1 Å². The van der Waals surface area contributed by atoms with Gasteiger partial charge < -0.3 is 9.32 Å². The molecule has 0 saturated carbocycles. The summed E-state index contributed by atoms with van der Waals surface area (Å²) < 4.78 is 9.00. The van der Waals surface area contributed by atoms with Crippen molar-refractivity contribution in [3.63, 3.8) is 0 Å². The van der Waals surface area contributed by atoms with Crippen molar-refractivity contribution in [3.05, 3.63) is 152 Å². The third-order valence-electron chi connectivity index (χ3n) is 8.46. The molecular formula is C40H25NOS. The Morgan fingerprint density at radius 3 is 2.09 bits per heavy atom. The molecule has 3 heteroatoms. The highest BCUT2D eigenvalue weighted by Gasteiger charge is 2.21. The molecule has 9 rings (SSSR count). The molecule has 2 nitrogen and oxygen atoms in total. The second-order valence-electron chi connectivity index (χ2n) is 10.9. The summed E-state index contributed by atoms with van der Waals surface area (Å²) in [5.74, 6) is 0. The van der Waals surface area contributed by atoms with Crippen molar-refractivity contribution in [3.8, 4) is 11.1 Å². The maximum absolute atomic E-state index is 6.37. The van der Waals surface area contributed by atoms with Crippen molar-refractivity contribution in [1.82, 2.24) is 0 Å². The highest BCUT2D eigenvalue weighted by molar-refractivity contribution is 7.25. The fourth-order valence-corrected chi connectivity index (χ4v) is 7.56. The first kappa shape index (κ1) is 24.2. The van der Waals surface area contributed by atoms with Crippen LogP contribution in [0.3, 0.4) is 0 Å². The fourth-order valence-electron chi connectivity index (χ4n) is 6.47. The third kappa shape index (κ3) is 3.86. The molecule has 2 aromatic heterocycles. The van der Waals surface area contributed by atoms with Crippen molar-refractivity contribution in [2.75, 3.05) is 4.90 Å². The minimum absolute atomic E-state index is 0.882. The first-order valence-corrected chi connectivity index (χ1v) is 15.3. The zero-order chi connectivity index (χ0) is 28.3. The summed E-state index contributed by atoms with van der Waals surface area (Å²) >= 11 is 1.85. The maximum Gasteiger partial charge on any atom is 0.137 e. The predicted octanol–water partition coefficient (Wildman–Crippen LogP) is 12.2. The number of nitrogens with zero attached hydrogens (tertiary/aromatic N) is 1. The molecule has 0 spiro atoms. The molecule has 0 atom stereocenters. The van der Waals surface area contributed by atoms with Crippen molar-refractivity contribution in [2.45, 2.75) is 0 Å². The van der Waals surface area contributed by atoms with Crippen molar-refractivity contribution >= 4 is 81.3 Å². The zero-order valence-electron chi connectivity index (χ0n) is 23.2. The molecule has 0 aliphatic rings. The van der Waals surface area contributed by atoms with Gasteiger partial charge in [0.25, 0.3) is 0 Å². The lowest BCUT2D eigenvalue weighted by atomic mass is 9.99. The number of hydrogen-bond donors (Lipinski definition) is 0. The van der Waals surface area contributed by atoms with Crippen LogP contribution in [0.5, 0.6) is 0 Å². The number of thiophene rings is 1. The Morgan fingerprint density at radius 2 is 1.14 bits per heavy atom. The van der Waals surface area contributed by atoms with E-state index in [4.69, 9.17) is 4.42 Å². The van der Waals surface area contributed by atoms with Crippen LogP contribution in [-0.4, -0.2) is 0 Å². The summed E-state index contributed by atoms with van der Waals surface area (Å²) in [5.41, 5.74) is 7.46. The van der Waals surface area contributed by atoms with E-state index < -0.39 is 0 Å². The van der Waals surface area contributed by atoms with Crippen LogP contribution in [0.4, 0.5) is 17.1 Å². The van der Waals surface area contributed by atoms with Gasteiger partial charge in [0.1, 0.15) is 11.2 Å². The van der Waals surface area contributed by atoms with E-state index in [2.05, 4.69) is 144 Å². The minimum Gasteiger partial charge on any atom is -0.456 e. The van der Waals surface area contributed by atoms with Crippen molar-refractivity contribution in [1.29, 1.82) is 0 Å². The maximum atomic E-state index is 6.37. The smallest absolute Gasteiger partial charge is 0.137 e. The van der Waals surface area contributed by atoms with Crippen LogP contribution in [0.15, 0.2) is 156 Å². The van der Waals surface area contributed by atoms with Gasteiger partial charge in [0.15, 0.2) is 0 Å². The van der Waals surface area contributed by atoms with Gasteiger partial charge in [-0.05, 0) is 59.5 Å². The van der Waals surface area contributed by atoms with Crippen LogP contribution in [0.2, 0.25) is 0 Å². The fraction of sp³-hybridized carbons (Fsp3) is 0. The largest absolute Gasteiger partial charge is 0.456 e. The summed E-state index contributed by atoms with van der Waals surface area (Å²) in [4.78, 5) is 2.39. The number of hydrogen-bond acceptors (Lipinski definition) is 3. The minimum atomic E-state index is 0.882. The second kappa shape index (κ2) is 9.59. The molecule has 202 valence electrons. The van der Waals surface area contributed by atoms with Crippen LogP contribution in [-0.2, 0) is 0 Å². The molecule has 7 aromatic carbocycles. The first-order valence-electron chi connectivity index (χ1n) is 14.5. The van der Waals surface area contributed by atoms with Gasteiger partial charge in [-0.3, -0.25) is 0 Å². The number of furan rings is 1. The standard InChI is InChI=1S/C40H25NOS/c1-2-12-29-26(10-1)11-9-17-36(29)41(28-21-22-32-31-14-4-7-18-37(31)42-38(32)25-28)35-16-6-3-13-30(35)27-20-23-40-34(24-27)33-15-5-8-19-39(33)43-40/h1-25H. The molecule has 0 aliphatic heterocycles. The summed E-state index contributed by atoms with van der Waals surface area (Å²) in [6, 6.07) is 54.4. The number of anilines is 3. The highest BCUT2D eigenvalue weighted by atomic mass is 32.1. The Balaban J connectivity index is 1.31. The summed E-state index contributed by atoms with van der Waals surface area (Å²) in [5, 5.41) is 7.27. The van der Waals surface area contributed by atoms with E-state index in [1.807, 2.05) is 23.5 Å². The lowest BCUT2D eigenvalue weighted by Gasteiger charge is -2.29. The van der Waals surface area contributed by atoms with Gasteiger partial charge in [-0.1, -0.05) is 97.1 Å². The Morgan fingerprint density at radius 1 is 0.442 bits per heavy atom. The Hall–Kier alpha value is -5.38. The molecule has 0 radical (unpaired) electrons. The lowest BCUT2D eigenvalue weighted by Crippen LogP contribution is -2.11. The monoisotopic (exact) mass is 567 g/mol. The molecule has 0 N–H and O–H groups in total. The van der Waals surface area contributed by atoms with Crippen LogP contribution < -0.4 is 4.90 Å². The van der Waals surface area contributed by atoms with Gasteiger partial charge in [0.05, 0.1) is 11.4 Å². The van der Waals surface area contributed by atoms with Crippen molar-refractivity contribution < 1.29 is 4.42 Å². The summed E-state index contributed by atoms with van der Waals surface area (Å²) in [6.07, 6.45) is 0. The van der Waals surface area contributed by atoms with E-state index >= 15 is 0 Å². The normalized spacial score (nSPS) is 11.7. The van der Waals surface area contributed by atoms with Gasteiger partial charge in [-0.25, -0.2) is 0 Å². The van der Waals surface area contributed by atoms with Crippen molar-refractivity contribution in [2.24, 2.45) is 0 Å².